The van der Waals surface area contributed by atoms with E-state index in [1.54, 1.807) is 11.0 Å². The molecule has 2 aliphatic rings. The molecule has 2 heterocycles. The van der Waals surface area contributed by atoms with Crippen LogP contribution in [0.5, 0.6) is 11.5 Å². The topological polar surface area (TPSA) is 72.7 Å². The van der Waals surface area contributed by atoms with Gasteiger partial charge in [-0.05, 0) is 31.4 Å². The molecule has 0 radical (unpaired) electrons. The Balaban J connectivity index is 1.83. The molecule has 0 aromatic heterocycles. The Hall–Kier alpha value is -3.15. The highest BCUT2D eigenvalue weighted by Crippen LogP contribution is 2.38. The fourth-order valence-electron chi connectivity index (χ4n) is 3.42. The van der Waals surface area contributed by atoms with Gasteiger partial charge in [-0.3, -0.25) is 14.9 Å². The Morgan fingerprint density at radius 3 is 2.58 bits per heavy atom. The third kappa shape index (κ3) is 2.94. The molecule has 0 atom stereocenters. The number of carbonyl (C=O) groups is 1. The number of amides is 1. The van der Waals surface area contributed by atoms with Gasteiger partial charge < -0.3 is 9.64 Å². The molecule has 0 aliphatic carbocycles. The maximum absolute atomic E-state index is 13.0. The van der Waals surface area contributed by atoms with Gasteiger partial charge >= 0.3 is 0 Å². The summed E-state index contributed by atoms with van der Waals surface area (Å²) in [6.07, 6.45) is 6.71. The van der Waals surface area contributed by atoms with Crippen molar-refractivity contribution in [1.29, 1.82) is 0 Å². The molecule has 2 aliphatic heterocycles. The highest BCUT2D eigenvalue weighted by molar-refractivity contribution is 6.01. The van der Waals surface area contributed by atoms with Gasteiger partial charge in [-0.25, -0.2) is 0 Å². The summed E-state index contributed by atoms with van der Waals surface area (Å²) >= 11 is 0. The predicted molar refractivity (Wildman–Crippen MR) is 98.3 cm³/mol. The van der Waals surface area contributed by atoms with Crippen molar-refractivity contribution in [1.82, 2.24) is 4.90 Å². The molecule has 0 spiro atoms. The number of likely N-dealkylation sites (tertiary alicyclic amines) is 1. The molecule has 2 aromatic carbocycles. The second-order valence-corrected chi connectivity index (χ2v) is 6.49. The minimum absolute atomic E-state index is 0.142. The van der Waals surface area contributed by atoms with Crippen LogP contribution in [-0.4, -0.2) is 28.8 Å². The first-order valence-corrected chi connectivity index (χ1v) is 8.70. The Morgan fingerprint density at radius 1 is 1.04 bits per heavy atom. The van der Waals surface area contributed by atoms with Gasteiger partial charge in [0.15, 0.2) is 0 Å². The molecule has 1 amide bonds. The fourth-order valence-corrected chi connectivity index (χ4v) is 3.42. The van der Waals surface area contributed by atoms with E-state index >= 15 is 0 Å². The van der Waals surface area contributed by atoms with Crippen LogP contribution in [0, 0.1) is 10.1 Å². The molecule has 132 valence electrons. The van der Waals surface area contributed by atoms with Crippen LogP contribution in [0.4, 0.5) is 5.69 Å². The van der Waals surface area contributed by atoms with Crippen LogP contribution in [0.15, 0.2) is 36.4 Å². The number of piperidine rings is 1. The first-order chi connectivity index (χ1) is 12.6. The summed E-state index contributed by atoms with van der Waals surface area (Å²) < 4.78 is 5.93. The quantitative estimate of drug-likeness (QED) is 0.504. The number of nitrogens with zero attached hydrogens (tertiary/aromatic N) is 2. The number of ether oxygens (including phenoxy) is 1. The normalized spacial score (nSPS) is 15.5. The number of benzene rings is 2. The maximum atomic E-state index is 13.0. The minimum Gasteiger partial charge on any atom is -0.456 e. The zero-order chi connectivity index (χ0) is 18.1. The van der Waals surface area contributed by atoms with Crippen molar-refractivity contribution in [2.45, 2.75) is 19.3 Å². The number of rotatable bonds is 2. The number of nitro benzene ring substituents is 1. The molecule has 1 fully saturated rings. The van der Waals surface area contributed by atoms with Gasteiger partial charge in [0.25, 0.3) is 11.6 Å². The lowest BCUT2D eigenvalue weighted by Gasteiger charge is -2.27. The summed E-state index contributed by atoms with van der Waals surface area (Å²) in [6, 6.07) is 10.2. The largest absolute Gasteiger partial charge is 0.456 e. The second kappa shape index (κ2) is 6.63. The van der Waals surface area contributed by atoms with Crippen molar-refractivity contribution in [3.8, 4) is 11.5 Å². The molecule has 0 N–H and O–H groups in total. The van der Waals surface area contributed by atoms with Gasteiger partial charge in [-0.2, -0.15) is 0 Å². The average molecular weight is 350 g/mol. The van der Waals surface area contributed by atoms with Crippen molar-refractivity contribution < 1.29 is 14.5 Å². The van der Waals surface area contributed by atoms with Gasteiger partial charge in [0, 0.05) is 30.3 Å². The molecule has 0 unspecified atom stereocenters. The molecular formula is C20H18N2O4. The van der Waals surface area contributed by atoms with E-state index in [2.05, 4.69) is 0 Å². The zero-order valence-corrected chi connectivity index (χ0v) is 14.2. The number of para-hydroxylation sites is 1. The molecule has 6 nitrogen and oxygen atoms in total. The minimum atomic E-state index is -0.489. The molecule has 4 rings (SSSR count). The van der Waals surface area contributed by atoms with E-state index in [0.717, 1.165) is 24.8 Å². The van der Waals surface area contributed by atoms with Crippen LogP contribution in [0.1, 0.15) is 40.7 Å². The Morgan fingerprint density at radius 2 is 1.81 bits per heavy atom. The van der Waals surface area contributed by atoms with Crippen LogP contribution in [-0.2, 0) is 0 Å². The summed E-state index contributed by atoms with van der Waals surface area (Å²) in [4.78, 5) is 25.7. The third-order valence-electron chi connectivity index (χ3n) is 4.78. The highest BCUT2D eigenvalue weighted by Gasteiger charge is 2.26. The van der Waals surface area contributed by atoms with Gasteiger partial charge in [-0.15, -0.1) is 0 Å². The number of hydrogen-bond donors (Lipinski definition) is 0. The van der Waals surface area contributed by atoms with Gasteiger partial charge in [0.1, 0.15) is 11.5 Å². The van der Waals surface area contributed by atoms with E-state index < -0.39 is 4.92 Å². The lowest BCUT2D eigenvalue weighted by atomic mass is 10.0. The lowest BCUT2D eigenvalue weighted by molar-refractivity contribution is -0.384. The van der Waals surface area contributed by atoms with Crippen LogP contribution in [0.3, 0.4) is 0 Å². The van der Waals surface area contributed by atoms with E-state index in [0.29, 0.717) is 35.7 Å². The van der Waals surface area contributed by atoms with Crippen molar-refractivity contribution in [3.63, 3.8) is 0 Å². The standard InChI is InChI=1S/C20H18N2O4/c23-20(21-10-4-1-5-11-21)17-12-15(22(24)25)13-19-16(17)9-8-14-6-2-3-7-18(14)26-19/h2-3,6-9,12-13H,1,4-5,10-11H2. The Labute approximate surface area is 150 Å². The van der Waals surface area contributed by atoms with E-state index in [4.69, 9.17) is 4.74 Å². The second-order valence-electron chi connectivity index (χ2n) is 6.49. The summed E-state index contributed by atoms with van der Waals surface area (Å²) in [5.41, 5.74) is 1.63. The molecule has 6 heteroatoms. The smallest absolute Gasteiger partial charge is 0.274 e. The van der Waals surface area contributed by atoms with Crippen LogP contribution in [0.25, 0.3) is 12.2 Å². The lowest BCUT2D eigenvalue weighted by Crippen LogP contribution is -2.36. The van der Waals surface area contributed by atoms with E-state index in [1.165, 1.54) is 12.1 Å². The van der Waals surface area contributed by atoms with Gasteiger partial charge in [0.05, 0.1) is 16.6 Å². The molecule has 1 saturated heterocycles. The summed E-state index contributed by atoms with van der Waals surface area (Å²) in [7, 11) is 0. The number of non-ortho nitro benzene ring substituents is 1. The van der Waals surface area contributed by atoms with Gasteiger partial charge in [-0.1, -0.05) is 24.3 Å². The fraction of sp³-hybridized carbons (Fsp3) is 0.250. The number of carbonyl (C=O) groups excluding carboxylic acids is 1. The molecule has 0 bridgehead atoms. The van der Waals surface area contributed by atoms with E-state index in [1.807, 2.05) is 30.4 Å². The van der Waals surface area contributed by atoms with Crippen molar-refractivity contribution in [2.75, 3.05) is 13.1 Å². The third-order valence-corrected chi connectivity index (χ3v) is 4.78. The molecular weight excluding hydrogens is 332 g/mol. The number of fused-ring (bicyclic) bond motifs is 2. The number of hydrogen-bond acceptors (Lipinski definition) is 4. The monoisotopic (exact) mass is 350 g/mol. The summed E-state index contributed by atoms with van der Waals surface area (Å²) in [5.74, 6) is 0.768. The zero-order valence-electron chi connectivity index (χ0n) is 14.2. The van der Waals surface area contributed by atoms with E-state index in [-0.39, 0.29) is 11.6 Å². The average Bonchev–Trinajstić information content (AvgIpc) is 2.86. The Kier molecular flexibility index (Phi) is 4.16. The predicted octanol–water partition coefficient (Wildman–Crippen LogP) is 4.50. The highest BCUT2D eigenvalue weighted by atomic mass is 16.6. The molecule has 0 saturated carbocycles. The van der Waals surface area contributed by atoms with Gasteiger partial charge in [0.2, 0.25) is 0 Å². The summed E-state index contributed by atoms with van der Waals surface area (Å²) in [6.45, 7) is 1.36. The number of nitro groups is 1. The van der Waals surface area contributed by atoms with Crippen LogP contribution >= 0.6 is 0 Å². The van der Waals surface area contributed by atoms with Crippen molar-refractivity contribution >= 4 is 23.7 Å². The van der Waals surface area contributed by atoms with Crippen LogP contribution in [0.2, 0.25) is 0 Å². The molecule has 2 aromatic rings. The molecule has 26 heavy (non-hydrogen) atoms. The van der Waals surface area contributed by atoms with E-state index in [9.17, 15) is 14.9 Å². The maximum Gasteiger partial charge on any atom is 0.274 e. The van der Waals surface area contributed by atoms with Crippen molar-refractivity contribution in [3.05, 3.63) is 63.2 Å². The first kappa shape index (κ1) is 16.3. The van der Waals surface area contributed by atoms with Crippen LogP contribution < -0.4 is 4.74 Å². The first-order valence-electron chi connectivity index (χ1n) is 8.70. The SMILES string of the molecule is O=C(c1cc([N+](=O)[O-])cc2c1C=Cc1ccccc1O2)N1CCCCC1. The summed E-state index contributed by atoms with van der Waals surface area (Å²) in [5, 5.41) is 11.4. The Bertz CT molecular complexity index is 914. The van der Waals surface area contributed by atoms with Crippen molar-refractivity contribution in [2.24, 2.45) is 0 Å².